The lowest BCUT2D eigenvalue weighted by atomic mass is 9.86. The van der Waals surface area contributed by atoms with E-state index in [1.165, 1.54) is 0 Å². The first-order valence-electron chi connectivity index (χ1n) is 9.87. The van der Waals surface area contributed by atoms with E-state index in [9.17, 15) is 5.11 Å². The van der Waals surface area contributed by atoms with Gasteiger partial charge in [0.15, 0.2) is 0 Å². The van der Waals surface area contributed by atoms with E-state index in [1.807, 2.05) is 26.0 Å². The van der Waals surface area contributed by atoms with Crippen LogP contribution in [-0.2, 0) is 6.42 Å². The molecule has 3 aliphatic heterocycles. The fraction of sp³-hybridized carbons (Fsp3) is 0.280. The Morgan fingerprint density at radius 3 is 2.79 bits per heavy atom. The summed E-state index contributed by atoms with van der Waals surface area (Å²) in [4.78, 5) is 0. The van der Waals surface area contributed by atoms with E-state index in [4.69, 9.17) is 14.2 Å². The minimum Gasteiger partial charge on any atom is -0.508 e. The first kappa shape index (κ1) is 17.9. The molecule has 4 nitrogen and oxygen atoms in total. The highest BCUT2D eigenvalue weighted by atomic mass is 16.5. The minimum atomic E-state index is -0.331. The van der Waals surface area contributed by atoms with E-state index >= 15 is 0 Å². The molecule has 0 fully saturated rings. The van der Waals surface area contributed by atoms with Crippen molar-refractivity contribution in [3.8, 4) is 23.0 Å². The number of ether oxygens (including phenoxy) is 3. The van der Waals surface area contributed by atoms with Crippen molar-refractivity contribution in [2.24, 2.45) is 0 Å². The number of benzene rings is 2. The summed E-state index contributed by atoms with van der Waals surface area (Å²) < 4.78 is 18.8. The lowest BCUT2D eigenvalue weighted by molar-refractivity contribution is 0.136. The van der Waals surface area contributed by atoms with Gasteiger partial charge in [0.05, 0.1) is 18.1 Å². The van der Waals surface area contributed by atoms with Crippen LogP contribution in [0.4, 0.5) is 0 Å². The summed E-state index contributed by atoms with van der Waals surface area (Å²) in [7, 11) is 0. The number of phenolic OH excluding ortho intramolecular Hbond substituents is 1. The molecule has 29 heavy (non-hydrogen) atoms. The molecule has 0 radical (unpaired) electrons. The van der Waals surface area contributed by atoms with Crippen LogP contribution in [0.1, 0.15) is 48.1 Å². The van der Waals surface area contributed by atoms with Gasteiger partial charge < -0.3 is 19.3 Å². The van der Waals surface area contributed by atoms with E-state index in [1.54, 1.807) is 12.1 Å². The van der Waals surface area contributed by atoms with Gasteiger partial charge >= 0.3 is 0 Å². The summed E-state index contributed by atoms with van der Waals surface area (Å²) in [6, 6.07) is 7.72. The summed E-state index contributed by atoms with van der Waals surface area (Å²) in [6.45, 7) is 12.3. The third-order valence-electron chi connectivity index (χ3n) is 5.89. The first-order valence-corrected chi connectivity index (χ1v) is 9.87. The fourth-order valence-electron chi connectivity index (χ4n) is 4.37. The van der Waals surface area contributed by atoms with Crippen molar-refractivity contribution in [2.45, 2.75) is 37.9 Å². The van der Waals surface area contributed by atoms with Crippen LogP contribution in [0.5, 0.6) is 23.0 Å². The Bertz CT molecular complexity index is 1080. The van der Waals surface area contributed by atoms with Gasteiger partial charge in [0.2, 0.25) is 0 Å². The molecule has 2 atom stereocenters. The van der Waals surface area contributed by atoms with E-state index in [2.05, 4.69) is 31.4 Å². The van der Waals surface area contributed by atoms with E-state index in [0.717, 1.165) is 39.3 Å². The Hall–Kier alpha value is -3.14. The molecule has 3 aliphatic rings. The lowest BCUT2D eigenvalue weighted by Gasteiger charge is -2.29. The molecule has 0 saturated carbocycles. The average Bonchev–Trinajstić information content (AvgIpc) is 3.07. The number of phenols is 1. The highest BCUT2D eigenvalue weighted by molar-refractivity contribution is 5.71. The molecule has 0 bridgehead atoms. The third kappa shape index (κ3) is 2.74. The largest absolute Gasteiger partial charge is 0.508 e. The number of fused-ring (bicyclic) bond motifs is 7. The van der Waals surface area contributed by atoms with Crippen molar-refractivity contribution in [3.05, 3.63) is 77.4 Å². The quantitative estimate of drug-likeness (QED) is 0.708. The second-order valence-corrected chi connectivity index (χ2v) is 8.41. The monoisotopic (exact) mass is 388 g/mol. The maximum atomic E-state index is 10.4. The zero-order valence-corrected chi connectivity index (χ0v) is 16.7. The van der Waals surface area contributed by atoms with Crippen molar-refractivity contribution < 1.29 is 19.3 Å². The molecule has 148 valence electrons. The van der Waals surface area contributed by atoms with Crippen molar-refractivity contribution in [2.75, 3.05) is 6.61 Å². The Kier molecular flexibility index (Phi) is 3.82. The van der Waals surface area contributed by atoms with E-state index < -0.39 is 0 Å². The summed E-state index contributed by atoms with van der Waals surface area (Å²) in [5.74, 6) is 2.71. The standard InChI is InChI=1S/C25H24O4/c1-5-14(2)12-18-20(26)8-6-17-22(18)27-13-19-15-7-9-21-16(23(15)28-24(17)19)10-11-25(3,4)29-21/h5-11,19,24,26H,1-2,12-13H2,3-4H3. The number of hydrogen-bond acceptors (Lipinski definition) is 4. The van der Waals surface area contributed by atoms with Crippen molar-refractivity contribution in [1.29, 1.82) is 0 Å². The third-order valence-corrected chi connectivity index (χ3v) is 5.89. The topological polar surface area (TPSA) is 47.9 Å². The molecule has 2 aromatic rings. The van der Waals surface area contributed by atoms with E-state index in [0.29, 0.717) is 18.8 Å². The molecule has 0 amide bonds. The Morgan fingerprint density at radius 2 is 2.00 bits per heavy atom. The number of hydrogen-bond donors (Lipinski definition) is 1. The molecule has 0 aromatic heterocycles. The molecule has 0 saturated heterocycles. The van der Waals surface area contributed by atoms with Crippen LogP contribution < -0.4 is 14.2 Å². The van der Waals surface area contributed by atoms with Crippen molar-refractivity contribution in [1.82, 2.24) is 0 Å². The Labute approximate surface area is 170 Å². The van der Waals surface area contributed by atoms with E-state index in [-0.39, 0.29) is 23.4 Å². The average molecular weight is 388 g/mol. The molecule has 0 spiro atoms. The normalized spacial score (nSPS) is 22.1. The summed E-state index contributed by atoms with van der Waals surface area (Å²) in [5.41, 5.74) is 4.31. The zero-order chi connectivity index (χ0) is 20.3. The molecular formula is C25H24O4. The first-order chi connectivity index (χ1) is 13.9. The zero-order valence-electron chi connectivity index (χ0n) is 16.7. The van der Waals surface area contributed by atoms with Gasteiger partial charge in [-0.25, -0.2) is 0 Å². The molecule has 2 aromatic carbocycles. The summed E-state index contributed by atoms with van der Waals surface area (Å²) in [6.07, 6.45) is 6.19. The molecule has 2 unspecified atom stereocenters. The van der Waals surface area contributed by atoms with Crippen LogP contribution in [0.25, 0.3) is 6.08 Å². The fourth-order valence-corrected chi connectivity index (χ4v) is 4.37. The summed E-state index contributed by atoms with van der Waals surface area (Å²) in [5, 5.41) is 10.4. The molecule has 3 heterocycles. The molecule has 1 N–H and O–H groups in total. The van der Waals surface area contributed by atoms with Crippen LogP contribution in [0.3, 0.4) is 0 Å². The van der Waals surface area contributed by atoms with Crippen LogP contribution >= 0.6 is 0 Å². The number of rotatable bonds is 3. The van der Waals surface area contributed by atoms with Gasteiger partial charge in [-0.05, 0) is 44.2 Å². The second kappa shape index (κ2) is 6.18. The van der Waals surface area contributed by atoms with Crippen LogP contribution in [0.15, 0.2) is 55.1 Å². The highest BCUT2D eigenvalue weighted by Gasteiger charge is 2.43. The molecule has 0 aliphatic carbocycles. The molecule has 5 rings (SSSR count). The van der Waals surface area contributed by atoms with Gasteiger partial charge in [-0.1, -0.05) is 30.9 Å². The van der Waals surface area contributed by atoms with Gasteiger partial charge in [0.1, 0.15) is 34.7 Å². The molecule has 4 heteroatoms. The maximum Gasteiger partial charge on any atom is 0.138 e. The molecular weight excluding hydrogens is 364 g/mol. The Balaban J connectivity index is 1.57. The summed E-state index contributed by atoms with van der Waals surface area (Å²) >= 11 is 0. The minimum absolute atomic E-state index is 0.103. The van der Waals surface area contributed by atoms with Gasteiger partial charge in [0, 0.05) is 23.1 Å². The van der Waals surface area contributed by atoms with Crippen LogP contribution in [0, 0.1) is 0 Å². The predicted octanol–water partition coefficient (Wildman–Crippen LogP) is 5.47. The smallest absolute Gasteiger partial charge is 0.138 e. The van der Waals surface area contributed by atoms with Crippen molar-refractivity contribution in [3.63, 3.8) is 0 Å². The maximum absolute atomic E-state index is 10.4. The highest BCUT2D eigenvalue weighted by Crippen LogP contribution is 2.55. The van der Waals surface area contributed by atoms with Gasteiger partial charge in [-0.2, -0.15) is 0 Å². The number of allylic oxidation sites excluding steroid dienone is 2. The van der Waals surface area contributed by atoms with Gasteiger partial charge in [-0.15, -0.1) is 0 Å². The number of aromatic hydroxyl groups is 1. The lowest BCUT2D eigenvalue weighted by Crippen LogP contribution is -2.27. The van der Waals surface area contributed by atoms with Gasteiger partial charge in [0.25, 0.3) is 0 Å². The van der Waals surface area contributed by atoms with Crippen molar-refractivity contribution >= 4 is 6.08 Å². The predicted molar refractivity (Wildman–Crippen MR) is 113 cm³/mol. The Morgan fingerprint density at radius 1 is 1.21 bits per heavy atom. The van der Waals surface area contributed by atoms with Gasteiger partial charge in [-0.3, -0.25) is 0 Å². The second-order valence-electron chi connectivity index (χ2n) is 8.41. The van der Waals surface area contributed by atoms with Crippen LogP contribution in [0.2, 0.25) is 0 Å². The van der Waals surface area contributed by atoms with Crippen LogP contribution in [-0.4, -0.2) is 17.3 Å². The SMILES string of the molecule is C=CC(=C)Cc1c(O)ccc2c1OCC1c3ccc4c(c3OC21)C=CC(C)(C)O4.